The number of para-hydroxylation sites is 1. The summed E-state index contributed by atoms with van der Waals surface area (Å²) in [5.74, 6) is 0. The van der Waals surface area contributed by atoms with E-state index in [9.17, 15) is 8.42 Å². The first kappa shape index (κ1) is 16.6. The summed E-state index contributed by atoms with van der Waals surface area (Å²) in [6.45, 7) is 3.68. The first-order valence-electron chi connectivity index (χ1n) is 8.14. The van der Waals surface area contributed by atoms with E-state index >= 15 is 0 Å². The molecule has 130 valence electrons. The molecule has 7 heteroatoms. The van der Waals surface area contributed by atoms with Gasteiger partial charge in [0.05, 0.1) is 16.1 Å². The van der Waals surface area contributed by atoms with Crippen molar-refractivity contribution in [2.75, 3.05) is 31.1 Å². The van der Waals surface area contributed by atoms with Crippen LogP contribution in [0.1, 0.15) is 0 Å². The molecule has 0 aliphatic carbocycles. The molecule has 1 aromatic heterocycles. The van der Waals surface area contributed by atoms with E-state index in [4.69, 9.17) is 0 Å². The van der Waals surface area contributed by atoms with Crippen LogP contribution in [0, 0.1) is 0 Å². The lowest BCUT2D eigenvalue weighted by Gasteiger charge is -2.29. The summed E-state index contributed by atoms with van der Waals surface area (Å²) >= 11 is 3.34. The Labute approximate surface area is 155 Å². The Bertz CT molecular complexity index is 1020. The quantitative estimate of drug-likeness (QED) is 0.683. The molecule has 1 saturated heterocycles. The van der Waals surface area contributed by atoms with Crippen LogP contribution in [0.15, 0.2) is 62.9 Å². The molecule has 0 radical (unpaired) electrons. The number of aromatic amines is 1. The fraction of sp³-hybridized carbons (Fsp3) is 0.222. The van der Waals surface area contributed by atoms with Crippen LogP contribution in [-0.2, 0) is 9.84 Å². The highest BCUT2D eigenvalue weighted by Gasteiger charge is 2.22. The van der Waals surface area contributed by atoms with E-state index in [2.05, 4.69) is 31.1 Å². The van der Waals surface area contributed by atoms with Gasteiger partial charge in [-0.15, -0.1) is 0 Å². The molecule has 2 N–H and O–H groups in total. The van der Waals surface area contributed by atoms with Crippen molar-refractivity contribution in [3.05, 3.63) is 53.0 Å². The Morgan fingerprint density at radius 2 is 1.76 bits per heavy atom. The van der Waals surface area contributed by atoms with Gasteiger partial charge < -0.3 is 15.2 Å². The van der Waals surface area contributed by atoms with E-state index in [1.54, 1.807) is 24.3 Å². The number of nitrogens with one attached hydrogen (secondary N) is 2. The number of sulfone groups is 1. The fourth-order valence-electron chi connectivity index (χ4n) is 3.19. The van der Waals surface area contributed by atoms with Crippen molar-refractivity contribution in [3.8, 4) is 0 Å². The number of hydrogen-bond acceptors (Lipinski definition) is 4. The SMILES string of the molecule is O=S(=O)(c1cccc(Br)c1)c1cc2cccc(N3CCNCC3)c2[nH]1. The highest BCUT2D eigenvalue weighted by atomic mass is 79.9. The summed E-state index contributed by atoms with van der Waals surface area (Å²) in [6, 6.07) is 14.5. The number of hydrogen-bond donors (Lipinski definition) is 2. The number of nitrogens with zero attached hydrogens (tertiary/aromatic N) is 1. The number of H-pyrrole nitrogens is 1. The van der Waals surface area contributed by atoms with Gasteiger partial charge in [0.15, 0.2) is 0 Å². The molecule has 2 aromatic carbocycles. The molecule has 3 aromatic rings. The van der Waals surface area contributed by atoms with E-state index in [-0.39, 0.29) is 9.92 Å². The van der Waals surface area contributed by atoms with Crippen molar-refractivity contribution in [2.45, 2.75) is 9.92 Å². The van der Waals surface area contributed by atoms with Gasteiger partial charge in [0, 0.05) is 36.0 Å². The van der Waals surface area contributed by atoms with Crippen molar-refractivity contribution < 1.29 is 8.42 Å². The second-order valence-corrected chi connectivity index (χ2v) is 8.91. The average molecular weight is 420 g/mol. The van der Waals surface area contributed by atoms with Crippen molar-refractivity contribution >= 4 is 42.4 Å². The highest BCUT2D eigenvalue weighted by Crippen LogP contribution is 2.31. The van der Waals surface area contributed by atoms with Crippen molar-refractivity contribution in [3.63, 3.8) is 0 Å². The summed E-state index contributed by atoms with van der Waals surface area (Å²) < 4.78 is 26.7. The van der Waals surface area contributed by atoms with Gasteiger partial charge in [-0.3, -0.25) is 0 Å². The molecule has 5 nitrogen and oxygen atoms in total. The Kier molecular flexibility index (Phi) is 4.31. The number of aromatic nitrogens is 1. The molecule has 4 rings (SSSR count). The topological polar surface area (TPSA) is 65.2 Å². The third-order valence-corrected chi connectivity index (χ3v) is 6.63. The average Bonchev–Trinajstić information content (AvgIpc) is 3.07. The van der Waals surface area contributed by atoms with E-state index in [1.807, 2.05) is 24.3 Å². The zero-order chi connectivity index (χ0) is 17.4. The number of anilines is 1. The molecule has 2 heterocycles. The van der Waals surface area contributed by atoms with Crippen LogP contribution in [0.3, 0.4) is 0 Å². The van der Waals surface area contributed by atoms with Gasteiger partial charge in [-0.2, -0.15) is 0 Å². The first-order chi connectivity index (χ1) is 12.1. The molecule has 1 fully saturated rings. The Balaban J connectivity index is 1.81. The zero-order valence-corrected chi connectivity index (χ0v) is 15.9. The van der Waals surface area contributed by atoms with Crippen molar-refractivity contribution in [2.24, 2.45) is 0 Å². The van der Waals surface area contributed by atoms with E-state index < -0.39 is 9.84 Å². The Hall–Kier alpha value is -1.83. The van der Waals surface area contributed by atoms with Crippen LogP contribution in [0.25, 0.3) is 10.9 Å². The highest BCUT2D eigenvalue weighted by molar-refractivity contribution is 9.10. The van der Waals surface area contributed by atoms with Crippen LogP contribution in [0.5, 0.6) is 0 Å². The van der Waals surface area contributed by atoms with Gasteiger partial charge in [0.2, 0.25) is 9.84 Å². The molecule has 0 amide bonds. The molecule has 0 spiro atoms. The van der Waals surface area contributed by atoms with Crippen molar-refractivity contribution in [1.29, 1.82) is 0 Å². The zero-order valence-electron chi connectivity index (χ0n) is 13.5. The summed E-state index contributed by atoms with van der Waals surface area (Å²) in [7, 11) is -3.59. The third kappa shape index (κ3) is 3.07. The van der Waals surface area contributed by atoms with Crippen LogP contribution >= 0.6 is 15.9 Å². The van der Waals surface area contributed by atoms with Gasteiger partial charge in [-0.25, -0.2) is 8.42 Å². The molecule has 1 aliphatic rings. The van der Waals surface area contributed by atoms with Gasteiger partial charge >= 0.3 is 0 Å². The lowest BCUT2D eigenvalue weighted by atomic mass is 10.2. The Morgan fingerprint density at radius 3 is 2.52 bits per heavy atom. The fourth-order valence-corrected chi connectivity index (χ4v) is 5.05. The van der Waals surface area contributed by atoms with Gasteiger partial charge in [0.25, 0.3) is 0 Å². The van der Waals surface area contributed by atoms with Crippen LogP contribution in [0.2, 0.25) is 0 Å². The Morgan fingerprint density at radius 1 is 1.00 bits per heavy atom. The maximum atomic E-state index is 13.0. The van der Waals surface area contributed by atoms with E-state index in [1.165, 1.54) is 0 Å². The molecule has 0 atom stereocenters. The molecule has 25 heavy (non-hydrogen) atoms. The number of rotatable bonds is 3. The minimum atomic E-state index is -3.59. The van der Waals surface area contributed by atoms with Crippen molar-refractivity contribution in [1.82, 2.24) is 10.3 Å². The third-order valence-electron chi connectivity index (χ3n) is 4.46. The maximum absolute atomic E-state index is 13.0. The van der Waals surface area contributed by atoms with Gasteiger partial charge in [0.1, 0.15) is 5.03 Å². The predicted octanol–water partition coefficient (Wildman–Crippen LogP) is 3.17. The second-order valence-electron chi connectivity index (χ2n) is 6.07. The second kappa shape index (κ2) is 6.48. The van der Waals surface area contributed by atoms with E-state index in [0.29, 0.717) is 0 Å². The standard InChI is InChI=1S/C18H18BrN3O2S/c19-14-4-2-5-15(12-14)25(23,24)17-11-13-3-1-6-16(18(13)21-17)22-9-7-20-8-10-22/h1-6,11-12,20-21H,7-10H2. The molecule has 0 bridgehead atoms. The summed E-state index contributed by atoms with van der Waals surface area (Å²) in [5.41, 5.74) is 1.92. The van der Waals surface area contributed by atoms with Crippen LogP contribution < -0.4 is 10.2 Å². The molecule has 1 aliphatic heterocycles. The number of fused-ring (bicyclic) bond motifs is 1. The molecule has 0 saturated carbocycles. The van der Waals surface area contributed by atoms with Crippen LogP contribution in [0.4, 0.5) is 5.69 Å². The monoisotopic (exact) mass is 419 g/mol. The van der Waals surface area contributed by atoms with E-state index in [0.717, 1.165) is 47.2 Å². The lowest BCUT2D eigenvalue weighted by molar-refractivity contribution is 0.589. The van der Waals surface area contributed by atoms with Crippen LogP contribution in [-0.4, -0.2) is 39.6 Å². The normalized spacial score (nSPS) is 15.6. The summed E-state index contributed by atoms with van der Waals surface area (Å²) in [5, 5.41) is 4.47. The maximum Gasteiger partial charge on any atom is 0.221 e. The lowest BCUT2D eigenvalue weighted by Crippen LogP contribution is -2.43. The summed E-state index contributed by atoms with van der Waals surface area (Å²) in [4.78, 5) is 5.71. The minimum Gasteiger partial charge on any atom is -0.367 e. The van der Waals surface area contributed by atoms with Gasteiger partial charge in [-0.05, 0) is 30.3 Å². The number of benzene rings is 2. The molecular formula is C18H18BrN3O2S. The number of halogens is 1. The molecular weight excluding hydrogens is 402 g/mol. The summed E-state index contributed by atoms with van der Waals surface area (Å²) in [6.07, 6.45) is 0. The predicted molar refractivity (Wildman–Crippen MR) is 103 cm³/mol. The minimum absolute atomic E-state index is 0.225. The number of piperazine rings is 1. The molecule has 0 unspecified atom stereocenters. The first-order valence-corrected chi connectivity index (χ1v) is 10.4. The largest absolute Gasteiger partial charge is 0.367 e. The smallest absolute Gasteiger partial charge is 0.221 e. The van der Waals surface area contributed by atoms with Gasteiger partial charge in [-0.1, -0.05) is 34.1 Å².